The summed E-state index contributed by atoms with van der Waals surface area (Å²) in [5, 5.41) is 8.91. The van der Waals surface area contributed by atoms with E-state index < -0.39 is 0 Å². The quantitative estimate of drug-likeness (QED) is 0.664. The number of pyridine rings is 1. The molecule has 2 aromatic heterocycles. The molecular formula is C18H12N6. The van der Waals surface area contributed by atoms with Crippen molar-refractivity contribution in [1.29, 1.82) is 5.26 Å². The molecule has 4 N–H and O–H groups in total. The highest BCUT2D eigenvalue weighted by atomic mass is 15.0. The Morgan fingerprint density at radius 2 is 1.71 bits per heavy atom. The summed E-state index contributed by atoms with van der Waals surface area (Å²) in [6, 6.07) is 12.7. The number of nitrogens with zero attached hydrogens (tertiary/aromatic N) is 4. The normalized spacial score (nSPS) is 9.62. The molecule has 0 amide bonds. The lowest BCUT2D eigenvalue weighted by Gasteiger charge is -2.07. The molecule has 114 valence electrons. The van der Waals surface area contributed by atoms with Crippen LogP contribution in [0.5, 0.6) is 0 Å². The van der Waals surface area contributed by atoms with Crippen LogP contribution < -0.4 is 11.5 Å². The van der Waals surface area contributed by atoms with E-state index in [0.717, 1.165) is 11.1 Å². The highest BCUT2D eigenvalue weighted by Crippen LogP contribution is 2.25. The second-order valence-electron chi connectivity index (χ2n) is 4.87. The van der Waals surface area contributed by atoms with Gasteiger partial charge in [-0.2, -0.15) is 10.2 Å². The van der Waals surface area contributed by atoms with Crippen molar-refractivity contribution in [1.82, 2.24) is 15.0 Å². The van der Waals surface area contributed by atoms with Crippen molar-refractivity contribution >= 4 is 11.8 Å². The molecule has 0 fully saturated rings. The number of hydrogen-bond donors (Lipinski definition) is 2. The van der Waals surface area contributed by atoms with Crippen molar-refractivity contribution in [2.24, 2.45) is 0 Å². The van der Waals surface area contributed by atoms with E-state index in [1.807, 2.05) is 6.07 Å². The van der Waals surface area contributed by atoms with Crippen LogP contribution in [0.3, 0.4) is 0 Å². The molecule has 24 heavy (non-hydrogen) atoms. The second-order valence-corrected chi connectivity index (χ2v) is 4.87. The summed E-state index contributed by atoms with van der Waals surface area (Å²) in [5.74, 6) is 6.25. The van der Waals surface area contributed by atoms with Crippen LogP contribution in [0.25, 0.3) is 11.3 Å². The topological polar surface area (TPSA) is 114 Å². The van der Waals surface area contributed by atoms with Crippen molar-refractivity contribution in [3.8, 4) is 29.2 Å². The Morgan fingerprint density at radius 1 is 0.917 bits per heavy atom. The maximum absolute atomic E-state index is 8.91. The van der Waals surface area contributed by atoms with Crippen molar-refractivity contribution in [2.45, 2.75) is 0 Å². The van der Waals surface area contributed by atoms with E-state index in [1.54, 1.807) is 42.7 Å². The Hall–Kier alpha value is -3.90. The average Bonchev–Trinajstić information content (AvgIpc) is 2.61. The molecule has 0 bridgehead atoms. The fraction of sp³-hybridized carbons (Fsp3) is 0. The monoisotopic (exact) mass is 312 g/mol. The summed E-state index contributed by atoms with van der Waals surface area (Å²) in [6.45, 7) is 0. The first-order chi connectivity index (χ1) is 11.7. The summed E-state index contributed by atoms with van der Waals surface area (Å²) >= 11 is 0. The molecule has 1 aromatic carbocycles. The maximum Gasteiger partial charge on any atom is 0.222 e. The van der Waals surface area contributed by atoms with Gasteiger partial charge < -0.3 is 11.5 Å². The fourth-order valence-corrected chi connectivity index (χ4v) is 2.10. The molecule has 3 rings (SSSR count). The van der Waals surface area contributed by atoms with Gasteiger partial charge in [0, 0.05) is 23.5 Å². The summed E-state index contributed by atoms with van der Waals surface area (Å²) in [4.78, 5) is 12.3. The Morgan fingerprint density at radius 3 is 2.38 bits per heavy atom. The van der Waals surface area contributed by atoms with Crippen LogP contribution in [0.2, 0.25) is 0 Å². The SMILES string of the molecule is N#Cc1ccc(-c2nc(N)nc(N)c2C#Cc2cccnc2)cc1. The van der Waals surface area contributed by atoms with Gasteiger partial charge in [0.05, 0.1) is 22.9 Å². The minimum atomic E-state index is 0.0683. The highest BCUT2D eigenvalue weighted by molar-refractivity contribution is 5.74. The molecule has 6 heteroatoms. The van der Waals surface area contributed by atoms with Gasteiger partial charge in [0.25, 0.3) is 0 Å². The third-order valence-electron chi connectivity index (χ3n) is 3.24. The molecule has 0 radical (unpaired) electrons. The van der Waals surface area contributed by atoms with E-state index in [0.29, 0.717) is 16.8 Å². The van der Waals surface area contributed by atoms with Gasteiger partial charge in [0.2, 0.25) is 5.95 Å². The van der Waals surface area contributed by atoms with Crippen LogP contribution in [-0.4, -0.2) is 15.0 Å². The lowest BCUT2D eigenvalue weighted by atomic mass is 10.0. The third-order valence-corrected chi connectivity index (χ3v) is 3.24. The Balaban J connectivity index is 2.12. The van der Waals surface area contributed by atoms with Gasteiger partial charge in [0.1, 0.15) is 5.82 Å². The van der Waals surface area contributed by atoms with E-state index >= 15 is 0 Å². The summed E-state index contributed by atoms with van der Waals surface area (Å²) in [6.07, 6.45) is 3.33. The molecule has 0 aliphatic carbocycles. The van der Waals surface area contributed by atoms with E-state index in [-0.39, 0.29) is 11.8 Å². The molecule has 0 aliphatic heterocycles. The predicted molar refractivity (Wildman–Crippen MR) is 91.2 cm³/mol. The largest absolute Gasteiger partial charge is 0.382 e. The lowest BCUT2D eigenvalue weighted by molar-refractivity contribution is 1.19. The van der Waals surface area contributed by atoms with Crippen LogP contribution in [0.4, 0.5) is 11.8 Å². The smallest absolute Gasteiger partial charge is 0.222 e. The fourth-order valence-electron chi connectivity index (χ4n) is 2.10. The average molecular weight is 312 g/mol. The van der Waals surface area contributed by atoms with Gasteiger partial charge in [-0.25, -0.2) is 4.98 Å². The Labute approximate surface area is 138 Å². The van der Waals surface area contributed by atoms with Crippen molar-refractivity contribution in [3.05, 3.63) is 65.5 Å². The number of rotatable bonds is 1. The van der Waals surface area contributed by atoms with Crippen LogP contribution in [-0.2, 0) is 0 Å². The zero-order chi connectivity index (χ0) is 16.9. The van der Waals surface area contributed by atoms with Gasteiger partial charge in [-0.1, -0.05) is 24.0 Å². The minimum Gasteiger partial charge on any atom is -0.382 e. The van der Waals surface area contributed by atoms with E-state index in [2.05, 4.69) is 32.9 Å². The van der Waals surface area contributed by atoms with Crippen molar-refractivity contribution < 1.29 is 0 Å². The maximum atomic E-state index is 8.91. The number of nitrogens with two attached hydrogens (primary N) is 2. The molecule has 0 aliphatic rings. The summed E-state index contributed by atoms with van der Waals surface area (Å²) in [5.41, 5.74) is 14.8. The summed E-state index contributed by atoms with van der Waals surface area (Å²) < 4.78 is 0. The van der Waals surface area contributed by atoms with Crippen LogP contribution >= 0.6 is 0 Å². The van der Waals surface area contributed by atoms with Gasteiger partial charge >= 0.3 is 0 Å². The minimum absolute atomic E-state index is 0.0683. The lowest BCUT2D eigenvalue weighted by Crippen LogP contribution is -2.05. The van der Waals surface area contributed by atoms with Gasteiger partial charge in [-0.05, 0) is 24.3 Å². The third kappa shape index (κ3) is 3.13. The summed E-state index contributed by atoms with van der Waals surface area (Å²) in [7, 11) is 0. The standard InChI is InChI=1S/C18H12N6/c19-10-12-3-6-14(7-4-12)16-15(17(20)24-18(21)23-16)8-5-13-2-1-9-22-11-13/h1-4,6-7,9,11H,(H4,20,21,23,24). The number of nitriles is 1. The zero-order valence-electron chi connectivity index (χ0n) is 12.6. The molecule has 0 atom stereocenters. The highest BCUT2D eigenvalue weighted by Gasteiger charge is 2.12. The second kappa shape index (κ2) is 6.47. The van der Waals surface area contributed by atoms with Gasteiger partial charge in [0.15, 0.2) is 0 Å². The number of aromatic nitrogens is 3. The van der Waals surface area contributed by atoms with Gasteiger partial charge in [-0.3, -0.25) is 4.98 Å². The first kappa shape index (κ1) is 15.0. The van der Waals surface area contributed by atoms with E-state index in [4.69, 9.17) is 16.7 Å². The molecule has 0 spiro atoms. The molecule has 0 saturated carbocycles. The van der Waals surface area contributed by atoms with E-state index in [9.17, 15) is 0 Å². The molecule has 0 saturated heterocycles. The first-order valence-electron chi connectivity index (χ1n) is 7.03. The van der Waals surface area contributed by atoms with Gasteiger partial charge in [-0.15, -0.1) is 0 Å². The molecule has 2 heterocycles. The molecule has 3 aromatic rings. The van der Waals surface area contributed by atoms with Crippen LogP contribution in [0.15, 0.2) is 48.8 Å². The Bertz CT molecular complexity index is 976. The predicted octanol–water partition coefficient (Wildman–Crippen LogP) is 1.97. The number of nitrogen functional groups attached to an aromatic ring is 2. The Kier molecular flexibility index (Phi) is 4.05. The van der Waals surface area contributed by atoms with Crippen molar-refractivity contribution in [2.75, 3.05) is 11.5 Å². The first-order valence-corrected chi connectivity index (χ1v) is 7.03. The van der Waals surface area contributed by atoms with Crippen LogP contribution in [0, 0.1) is 23.2 Å². The molecule has 0 unspecified atom stereocenters. The molecular weight excluding hydrogens is 300 g/mol. The zero-order valence-corrected chi connectivity index (χ0v) is 12.6. The number of hydrogen-bond acceptors (Lipinski definition) is 6. The number of anilines is 2. The molecule has 6 nitrogen and oxygen atoms in total. The number of benzene rings is 1. The van der Waals surface area contributed by atoms with E-state index in [1.165, 1.54) is 0 Å². The van der Waals surface area contributed by atoms with Crippen LogP contribution in [0.1, 0.15) is 16.7 Å². The van der Waals surface area contributed by atoms with Crippen molar-refractivity contribution in [3.63, 3.8) is 0 Å².